The molecular weight excluding hydrogens is 972 g/mol. The van der Waals surface area contributed by atoms with Crippen molar-refractivity contribution in [2.45, 2.75) is 276 Å². The second-order valence-electron chi connectivity index (χ2n) is 22.4. The number of amides is 1. The number of carbonyl (C=O) groups is 1. The number of allylic oxidation sites excluding steroid dienone is 17. The first-order valence-corrected chi connectivity index (χ1v) is 33.3. The molecule has 0 radical (unpaired) electrons. The van der Waals surface area contributed by atoms with Crippen LogP contribution in [0.5, 0.6) is 0 Å². The number of unbranched alkanes of at least 4 members (excludes halogenated alkanes) is 28. The average Bonchev–Trinajstić information content (AvgIpc) is 3.39. The molecule has 8 nitrogen and oxygen atoms in total. The molecule has 3 N–H and O–H groups in total. The van der Waals surface area contributed by atoms with Crippen LogP contribution < -0.4 is 5.32 Å². The van der Waals surface area contributed by atoms with Crippen LogP contribution in [-0.4, -0.2) is 73.4 Å². The van der Waals surface area contributed by atoms with E-state index in [1.54, 1.807) is 6.08 Å². The van der Waals surface area contributed by atoms with Crippen molar-refractivity contribution in [1.29, 1.82) is 0 Å². The van der Waals surface area contributed by atoms with Crippen molar-refractivity contribution in [2.75, 3.05) is 40.9 Å². The van der Waals surface area contributed by atoms with Crippen molar-refractivity contribution in [3.63, 3.8) is 0 Å². The quantitative estimate of drug-likeness (QED) is 0.0243. The van der Waals surface area contributed by atoms with Crippen LogP contribution in [0.15, 0.2) is 109 Å². The molecule has 0 spiro atoms. The Morgan fingerprint density at radius 3 is 1.19 bits per heavy atom. The lowest BCUT2D eigenvalue weighted by Crippen LogP contribution is -2.45. The summed E-state index contributed by atoms with van der Waals surface area (Å²) < 4.78 is 23.7. The molecule has 0 rings (SSSR count). The fourth-order valence-electron chi connectivity index (χ4n) is 8.78. The molecular formula is C68H122N2O6P+. The molecule has 0 saturated heterocycles. The Kier molecular flexibility index (Phi) is 55.7. The zero-order chi connectivity index (χ0) is 56.3. The molecule has 9 heteroatoms. The summed E-state index contributed by atoms with van der Waals surface area (Å²) in [7, 11) is 1.51. The van der Waals surface area contributed by atoms with Gasteiger partial charge in [0, 0.05) is 6.42 Å². The third kappa shape index (κ3) is 60.6. The smallest absolute Gasteiger partial charge is 0.387 e. The number of aliphatic hydroxyl groups excluding tert-OH is 1. The molecule has 0 fully saturated rings. The van der Waals surface area contributed by atoms with E-state index in [4.69, 9.17) is 9.05 Å². The van der Waals surface area contributed by atoms with Crippen molar-refractivity contribution >= 4 is 13.7 Å². The largest absolute Gasteiger partial charge is 0.472 e. The van der Waals surface area contributed by atoms with E-state index in [1.165, 1.54) is 148 Å². The molecule has 0 heterocycles. The number of aliphatic hydroxyl groups is 1. The predicted molar refractivity (Wildman–Crippen MR) is 336 cm³/mol. The van der Waals surface area contributed by atoms with Gasteiger partial charge in [-0.2, -0.15) is 0 Å². The highest BCUT2D eigenvalue weighted by Crippen LogP contribution is 2.43. The maximum atomic E-state index is 13.0. The first-order valence-electron chi connectivity index (χ1n) is 31.8. The van der Waals surface area contributed by atoms with Crippen molar-refractivity contribution < 1.29 is 32.9 Å². The van der Waals surface area contributed by atoms with E-state index in [0.717, 1.165) is 96.3 Å². The topological polar surface area (TPSA) is 105 Å². The van der Waals surface area contributed by atoms with Crippen molar-refractivity contribution in [2.24, 2.45) is 0 Å². The molecule has 1 amide bonds. The van der Waals surface area contributed by atoms with Crippen LogP contribution in [0.1, 0.15) is 264 Å². The molecule has 3 atom stereocenters. The zero-order valence-electron chi connectivity index (χ0n) is 50.7. The van der Waals surface area contributed by atoms with Gasteiger partial charge in [-0.3, -0.25) is 13.8 Å². The first kappa shape index (κ1) is 74.2. The molecule has 0 saturated carbocycles. The number of quaternary nitrogens is 1. The number of nitrogens with one attached hydrogen (secondary N) is 1. The number of rotatable bonds is 57. The van der Waals surface area contributed by atoms with Gasteiger partial charge < -0.3 is 19.8 Å². The predicted octanol–water partition coefficient (Wildman–Crippen LogP) is 19.9. The molecule has 0 bridgehead atoms. The second kappa shape index (κ2) is 57.8. The van der Waals surface area contributed by atoms with Crippen LogP contribution in [0.2, 0.25) is 0 Å². The van der Waals surface area contributed by atoms with Crippen molar-refractivity contribution in [3.8, 4) is 0 Å². The third-order valence-electron chi connectivity index (χ3n) is 13.7. The van der Waals surface area contributed by atoms with Crippen LogP contribution in [0.3, 0.4) is 0 Å². The Morgan fingerprint density at radius 2 is 0.792 bits per heavy atom. The molecule has 0 aliphatic heterocycles. The van der Waals surface area contributed by atoms with Crippen LogP contribution in [-0.2, 0) is 18.4 Å². The van der Waals surface area contributed by atoms with Gasteiger partial charge in [0.25, 0.3) is 0 Å². The summed E-state index contributed by atoms with van der Waals surface area (Å²) in [4.78, 5) is 23.3. The van der Waals surface area contributed by atoms with Gasteiger partial charge in [-0.25, -0.2) is 4.57 Å². The minimum atomic E-state index is -4.38. The van der Waals surface area contributed by atoms with Gasteiger partial charge in [-0.1, -0.05) is 271 Å². The lowest BCUT2D eigenvalue weighted by atomic mass is 10.0. The van der Waals surface area contributed by atoms with E-state index in [0.29, 0.717) is 17.4 Å². The zero-order valence-corrected chi connectivity index (χ0v) is 51.6. The van der Waals surface area contributed by atoms with Gasteiger partial charge in [0.05, 0.1) is 39.9 Å². The molecule has 0 aromatic carbocycles. The SMILES string of the molecule is CC/C=C\C/C=C\C/C=C\C/C=C\C/C=C\C/C=C\CCCCCCC(=O)NC(COP(=O)(O)OCC[N+](C)(C)C)C(O)/C=C/CC/C=C/CC/C=C/CCCCCCCCCCCCCCCCCCCCCCCC. The van der Waals surface area contributed by atoms with Crippen molar-refractivity contribution in [1.82, 2.24) is 5.32 Å². The van der Waals surface area contributed by atoms with Gasteiger partial charge in [-0.05, 0) is 96.3 Å². The summed E-state index contributed by atoms with van der Waals surface area (Å²) in [5.41, 5.74) is 0. The van der Waals surface area contributed by atoms with Gasteiger partial charge in [-0.15, -0.1) is 0 Å². The molecule has 444 valence electrons. The summed E-state index contributed by atoms with van der Waals surface area (Å²) in [5.74, 6) is -0.218. The maximum absolute atomic E-state index is 13.0. The van der Waals surface area contributed by atoms with E-state index in [2.05, 4.69) is 116 Å². The van der Waals surface area contributed by atoms with E-state index in [1.807, 2.05) is 27.2 Å². The maximum Gasteiger partial charge on any atom is 0.472 e. The Bertz CT molecular complexity index is 1620. The highest BCUT2D eigenvalue weighted by atomic mass is 31.2. The minimum absolute atomic E-state index is 0.0420. The lowest BCUT2D eigenvalue weighted by Gasteiger charge is -2.25. The van der Waals surface area contributed by atoms with Crippen LogP contribution in [0.4, 0.5) is 0 Å². The fourth-order valence-corrected chi connectivity index (χ4v) is 9.52. The van der Waals surface area contributed by atoms with Gasteiger partial charge in [0.2, 0.25) is 5.91 Å². The fraction of sp³-hybridized carbons (Fsp3) is 0.721. The number of phosphoric ester groups is 1. The number of likely N-dealkylation sites (N-methyl/N-ethyl adjacent to an activating group) is 1. The highest BCUT2D eigenvalue weighted by Gasteiger charge is 2.27. The van der Waals surface area contributed by atoms with E-state index in [-0.39, 0.29) is 19.1 Å². The third-order valence-corrected chi connectivity index (χ3v) is 14.7. The van der Waals surface area contributed by atoms with Gasteiger partial charge >= 0.3 is 7.82 Å². The summed E-state index contributed by atoms with van der Waals surface area (Å²) in [6.45, 7) is 4.66. The van der Waals surface area contributed by atoms with Crippen LogP contribution in [0.25, 0.3) is 0 Å². The number of hydrogen-bond donors (Lipinski definition) is 3. The average molecular weight is 1090 g/mol. The molecule has 3 unspecified atom stereocenters. The number of hydrogen-bond acceptors (Lipinski definition) is 5. The second-order valence-corrected chi connectivity index (χ2v) is 23.8. The van der Waals surface area contributed by atoms with E-state index < -0.39 is 20.0 Å². The van der Waals surface area contributed by atoms with Gasteiger partial charge in [0.15, 0.2) is 0 Å². The molecule has 0 aromatic heterocycles. The van der Waals surface area contributed by atoms with E-state index in [9.17, 15) is 19.4 Å². The first-order chi connectivity index (χ1) is 37.5. The van der Waals surface area contributed by atoms with Crippen LogP contribution >= 0.6 is 7.82 Å². The Hall–Kier alpha value is -2.84. The monoisotopic (exact) mass is 1090 g/mol. The molecule has 0 aliphatic rings. The lowest BCUT2D eigenvalue weighted by molar-refractivity contribution is -0.870. The number of carbonyl (C=O) groups excluding carboxylic acids is 1. The summed E-state index contributed by atoms with van der Waals surface area (Å²) >= 11 is 0. The van der Waals surface area contributed by atoms with E-state index >= 15 is 0 Å². The number of phosphoric acid groups is 1. The summed E-state index contributed by atoms with van der Waals surface area (Å²) in [6.07, 6.45) is 85.1. The highest BCUT2D eigenvalue weighted by molar-refractivity contribution is 7.47. The Balaban J connectivity index is 4.26. The van der Waals surface area contributed by atoms with Crippen LogP contribution in [0, 0.1) is 0 Å². The standard InChI is InChI=1S/C68H121N2O6P/c1-6-8-10-12-14-16-18-20-22-24-26-28-30-31-32-33-34-35-36-37-38-40-41-43-45-47-49-51-53-55-57-59-61-67(71)66(65-76-77(73,74)75-64-63-70(3,4)5)69-68(72)62-60-58-56-54-52-50-48-46-44-42-39-29-27-25-23-21-19-17-15-13-11-9-7-2/h9,11,15,17,21,23,27,29,42-45,48,50-51,53,59,61,66-67,71H,6-8,10,12-14,16,18-20,22,24-26,28,30-41,46-47,49,52,54-58,60,62-65H2,1-5H3,(H-,69,72,73,74)/p+1/b11-9-,17-15-,23-21-,29-27-,44-42-,45-43+,50-48-,53-51+,61-59+. The van der Waals surface area contributed by atoms with Gasteiger partial charge in [0.1, 0.15) is 13.2 Å². The minimum Gasteiger partial charge on any atom is -0.387 e. The number of nitrogens with zero attached hydrogens (tertiary/aromatic N) is 1. The normalized spacial score (nSPS) is 14.5. The Labute approximate surface area is 476 Å². The summed E-state index contributed by atoms with van der Waals surface area (Å²) in [5, 5.41) is 13.9. The summed E-state index contributed by atoms with van der Waals surface area (Å²) in [6, 6.07) is -0.893. The van der Waals surface area contributed by atoms with Crippen molar-refractivity contribution in [3.05, 3.63) is 109 Å². The molecule has 0 aromatic rings. The molecule has 77 heavy (non-hydrogen) atoms. The molecule has 0 aliphatic carbocycles. The Morgan fingerprint density at radius 1 is 0.455 bits per heavy atom.